The number of amides is 2. The van der Waals surface area contributed by atoms with Gasteiger partial charge in [0.1, 0.15) is 11.9 Å². The van der Waals surface area contributed by atoms with Gasteiger partial charge in [-0.25, -0.2) is 0 Å². The van der Waals surface area contributed by atoms with Gasteiger partial charge in [0.25, 0.3) is 11.8 Å². The molecule has 1 fully saturated rings. The minimum Gasteiger partial charge on any atom is -0.379 e. The maximum Gasteiger partial charge on any atom is 0.273 e. The lowest BCUT2D eigenvalue weighted by molar-refractivity contribution is -0.137. The molecule has 0 saturated carbocycles. The Kier molecular flexibility index (Phi) is 5.70. The molecule has 0 radical (unpaired) electrons. The van der Waals surface area contributed by atoms with Gasteiger partial charge >= 0.3 is 0 Å². The standard InChI is InChI=1S/C26H30N4O2/c1-18-11-13-20(14-12-18)25(31)30-22-10-6-16-28-23(22)26(32)29(17-19-7-3-2-4-8-19)24(30)21-9-5-15-27-21/h2-4,7-8,11-14,21,24,27-28H,5-6,9-10,15-17H2,1H3. The number of hydrogen-bond acceptors (Lipinski definition) is 4. The summed E-state index contributed by atoms with van der Waals surface area (Å²) >= 11 is 0. The van der Waals surface area contributed by atoms with Crippen molar-refractivity contribution in [3.05, 3.63) is 82.7 Å². The molecule has 1 saturated heterocycles. The fourth-order valence-electron chi connectivity index (χ4n) is 5.09. The van der Waals surface area contributed by atoms with Crippen molar-refractivity contribution < 1.29 is 9.59 Å². The fraction of sp³-hybridized carbons (Fsp3) is 0.385. The lowest BCUT2D eigenvalue weighted by atomic mass is 9.97. The quantitative estimate of drug-likeness (QED) is 0.782. The van der Waals surface area contributed by atoms with Crippen LogP contribution in [-0.2, 0) is 11.3 Å². The molecule has 2 aromatic carbocycles. The number of carbonyl (C=O) groups excluding carboxylic acids is 2. The Balaban J connectivity index is 1.61. The van der Waals surface area contributed by atoms with Crippen LogP contribution in [0.3, 0.4) is 0 Å². The van der Waals surface area contributed by atoms with Crippen molar-refractivity contribution in [2.75, 3.05) is 13.1 Å². The minimum absolute atomic E-state index is 0.00444. The molecule has 3 aliphatic rings. The first-order valence-corrected chi connectivity index (χ1v) is 11.6. The first-order valence-electron chi connectivity index (χ1n) is 11.6. The Labute approximate surface area is 189 Å². The molecular formula is C26H30N4O2. The molecule has 0 spiro atoms. The van der Waals surface area contributed by atoms with E-state index in [-0.39, 0.29) is 24.0 Å². The normalized spacial score (nSPS) is 23.2. The van der Waals surface area contributed by atoms with Gasteiger partial charge in [-0.05, 0) is 56.8 Å². The summed E-state index contributed by atoms with van der Waals surface area (Å²) in [6.45, 7) is 4.15. The Morgan fingerprint density at radius 2 is 1.81 bits per heavy atom. The second-order valence-corrected chi connectivity index (χ2v) is 8.93. The van der Waals surface area contributed by atoms with Crippen LogP contribution in [-0.4, -0.2) is 46.9 Å². The summed E-state index contributed by atoms with van der Waals surface area (Å²) in [5.74, 6) is -0.0410. The maximum absolute atomic E-state index is 13.9. The van der Waals surface area contributed by atoms with Crippen LogP contribution < -0.4 is 10.6 Å². The predicted octanol–water partition coefficient (Wildman–Crippen LogP) is 3.15. The van der Waals surface area contributed by atoms with E-state index in [1.165, 1.54) is 0 Å². The maximum atomic E-state index is 13.9. The van der Waals surface area contributed by atoms with E-state index in [1.54, 1.807) is 0 Å². The highest BCUT2D eigenvalue weighted by atomic mass is 16.2. The van der Waals surface area contributed by atoms with Crippen LogP contribution in [0.15, 0.2) is 66.0 Å². The number of hydrogen-bond donors (Lipinski definition) is 2. The van der Waals surface area contributed by atoms with Gasteiger partial charge in [-0.1, -0.05) is 48.0 Å². The third-order valence-corrected chi connectivity index (χ3v) is 6.70. The molecule has 5 rings (SSSR count). The predicted molar refractivity (Wildman–Crippen MR) is 123 cm³/mol. The highest BCUT2D eigenvalue weighted by molar-refractivity contribution is 6.01. The zero-order chi connectivity index (χ0) is 22.1. The number of carbonyl (C=O) groups is 2. The first-order chi connectivity index (χ1) is 15.6. The molecule has 6 heteroatoms. The van der Waals surface area contributed by atoms with Gasteiger partial charge in [0.15, 0.2) is 0 Å². The molecule has 2 unspecified atom stereocenters. The minimum atomic E-state index is -0.349. The van der Waals surface area contributed by atoms with E-state index in [9.17, 15) is 9.59 Å². The highest BCUT2D eigenvalue weighted by Crippen LogP contribution is 2.35. The molecule has 3 heterocycles. The summed E-state index contributed by atoms with van der Waals surface area (Å²) < 4.78 is 0. The number of nitrogens with one attached hydrogen (secondary N) is 2. The van der Waals surface area contributed by atoms with Crippen LogP contribution in [0.2, 0.25) is 0 Å². The molecule has 32 heavy (non-hydrogen) atoms. The van der Waals surface area contributed by atoms with Crippen LogP contribution >= 0.6 is 0 Å². The molecule has 6 nitrogen and oxygen atoms in total. The van der Waals surface area contributed by atoms with E-state index in [4.69, 9.17) is 0 Å². The van der Waals surface area contributed by atoms with Crippen LogP contribution in [0.4, 0.5) is 0 Å². The molecule has 2 aromatic rings. The van der Waals surface area contributed by atoms with Gasteiger partial charge in [0.2, 0.25) is 0 Å². The zero-order valence-corrected chi connectivity index (χ0v) is 18.5. The monoisotopic (exact) mass is 430 g/mol. The third kappa shape index (κ3) is 3.79. The third-order valence-electron chi connectivity index (χ3n) is 6.70. The van der Waals surface area contributed by atoms with E-state index in [0.29, 0.717) is 17.8 Å². The van der Waals surface area contributed by atoms with Crippen molar-refractivity contribution in [3.8, 4) is 0 Å². The summed E-state index contributed by atoms with van der Waals surface area (Å²) in [4.78, 5) is 31.5. The number of nitrogens with zero attached hydrogens (tertiary/aromatic N) is 2. The van der Waals surface area contributed by atoms with Crippen LogP contribution in [0.5, 0.6) is 0 Å². The number of allylic oxidation sites excluding steroid dienone is 1. The summed E-state index contributed by atoms with van der Waals surface area (Å²) in [6.07, 6.45) is 3.28. The van der Waals surface area contributed by atoms with Crippen molar-refractivity contribution in [1.29, 1.82) is 0 Å². The van der Waals surface area contributed by atoms with Gasteiger partial charge in [0, 0.05) is 24.7 Å². The molecule has 0 aromatic heterocycles. The van der Waals surface area contributed by atoms with E-state index >= 15 is 0 Å². The average molecular weight is 431 g/mol. The lowest BCUT2D eigenvalue weighted by Gasteiger charge is -2.49. The van der Waals surface area contributed by atoms with Gasteiger partial charge in [-0.15, -0.1) is 0 Å². The summed E-state index contributed by atoms with van der Waals surface area (Å²) in [6, 6.07) is 17.8. The summed E-state index contributed by atoms with van der Waals surface area (Å²) in [5, 5.41) is 6.89. The van der Waals surface area contributed by atoms with Crippen molar-refractivity contribution >= 4 is 11.8 Å². The Morgan fingerprint density at radius 1 is 1.03 bits per heavy atom. The second-order valence-electron chi connectivity index (χ2n) is 8.93. The van der Waals surface area contributed by atoms with Gasteiger partial charge in [-0.3, -0.25) is 14.5 Å². The largest absolute Gasteiger partial charge is 0.379 e. The molecule has 3 aliphatic heterocycles. The van der Waals surface area contributed by atoms with Crippen molar-refractivity contribution in [3.63, 3.8) is 0 Å². The van der Waals surface area contributed by atoms with E-state index in [1.807, 2.05) is 71.3 Å². The Hall–Kier alpha value is -3.12. The summed E-state index contributed by atoms with van der Waals surface area (Å²) in [5.41, 5.74) is 4.27. The average Bonchev–Trinajstić information content (AvgIpc) is 3.36. The van der Waals surface area contributed by atoms with Crippen molar-refractivity contribution in [2.24, 2.45) is 0 Å². The van der Waals surface area contributed by atoms with Crippen molar-refractivity contribution in [1.82, 2.24) is 20.4 Å². The number of aryl methyl sites for hydroxylation is 1. The molecule has 0 aliphatic carbocycles. The molecule has 2 atom stereocenters. The zero-order valence-electron chi connectivity index (χ0n) is 18.5. The van der Waals surface area contributed by atoms with E-state index in [2.05, 4.69) is 10.6 Å². The highest BCUT2D eigenvalue weighted by Gasteiger charge is 2.47. The molecule has 2 amide bonds. The molecule has 166 valence electrons. The lowest BCUT2D eigenvalue weighted by Crippen LogP contribution is -2.64. The van der Waals surface area contributed by atoms with Gasteiger partial charge < -0.3 is 15.5 Å². The first kappa shape index (κ1) is 20.8. The van der Waals surface area contributed by atoms with Crippen molar-refractivity contribution in [2.45, 2.75) is 51.4 Å². The van der Waals surface area contributed by atoms with E-state index in [0.717, 1.165) is 55.6 Å². The Bertz CT molecular complexity index is 1030. The Morgan fingerprint density at radius 3 is 2.53 bits per heavy atom. The van der Waals surface area contributed by atoms with E-state index < -0.39 is 0 Å². The van der Waals surface area contributed by atoms with Crippen LogP contribution in [0, 0.1) is 6.92 Å². The molecule has 2 N–H and O–H groups in total. The topological polar surface area (TPSA) is 64.7 Å². The summed E-state index contributed by atoms with van der Waals surface area (Å²) in [7, 11) is 0. The SMILES string of the molecule is Cc1ccc(C(=O)N2C3=C(NCCC3)C(=O)N(Cc3ccccc3)C2C2CCCN2)cc1. The molecular weight excluding hydrogens is 400 g/mol. The van der Waals surface area contributed by atoms with Gasteiger partial charge in [-0.2, -0.15) is 0 Å². The number of benzene rings is 2. The fourth-order valence-corrected chi connectivity index (χ4v) is 5.09. The van der Waals surface area contributed by atoms with Gasteiger partial charge in [0.05, 0.1) is 5.70 Å². The second kappa shape index (κ2) is 8.79. The smallest absolute Gasteiger partial charge is 0.273 e. The molecule has 0 bridgehead atoms. The van der Waals surface area contributed by atoms with Crippen LogP contribution in [0.25, 0.3) is 0 Å². The van der Waals surface area contributed by atoms with Crippen LogP contribution in [0.1, 0.15) is 47.2 Å². The number of rotatable bonds is 4.